The number of fused-ring (bicyclic) bond motifs is 1. The molecule has 5 nitrogen and oxygen atoms in total. The number of hydrogen-bond acceptors (Lipinski definition) is 6. The lowest BCUT2D eigenvalue weighted by atomic mass is 10.1. The zero-order valence-corrected chi connectivity index (χ0v) is 15.0. The summed E-state index contributed by atoms with van der Waals surface area (Å²) in [6.07, 6.45) is 0.800. The first-order valence-corrected chi connectivity index (χ1v) is 9.51. The number of benzene rings is 1. The average Bonchev–Trinajstić information content (AvgIpc) is 3.32. The smallest absolute Gasteiger partial charge is 0.258 e. The van der Waals surface area contributed by atoms with Gasteiger partial charge in [0, 0.05) is 5.39 Å². The number of aromatic nitrogens is 3. The maximum Gasteiger partial charge on any atom is 0.258 e. The van der Waals surface area contributed by atoms with Crippen LogP contribution in [-0.4, -0.2) is 21.1 Å². The molecule has 0 spiro atoms. The monoisotopic (exact) mass is 366 g/mol. The number of anilines is 1. The molecule has 25 heavy (non-hydrogen) atoms. The summed E-state index contributed by atoms with van der Waals surface area (Å²) in [5, 5.41) is 15.2. The second-order valence-corrected chi connectivity index (χ2v) is 7.37. The molecule has 0 aliphatic carbocycles. The van der Waals surface area contributed by atoms with Crippen LogP contribution in [0.4, 0.5) is 5.13 Å². The van der Waals surface area contributed by atoms with E-state index in [0.717, 1.165) is 32.9 Å². The number of pyridine rings is 1. The molecule has 3 heterocycles. The van der Waals surface area contributed by atoms with Gasteiger partial charge < -0.3 is 0 Å². The third-order valence-electron chi connectivity index (χ3n) is 3.72. The van der Waals surface area contributed by atoms with Gasteiger partial charge in [0.1, 0.15) is 5.01 Å². The minimum absolute atomic E-state index is 0.199. The SMILES string of the molecule is CCc1nnc(NC(=O)c2cc(-c3cccs3)nc3ccccc23)s1. The molecule has 0 radical (unpaired) electrons. The Morgan fingerprint density at radius 1 is 1.16 bits per heavy atom. The lowest BCUT2D eigenvalue weighted by molar-refractivity contribution is 0.102. The van der Waals surface area contributed by atoms with Crippen LogP contribution in [0.2, 0.25) is 0 Å². The highest BCUT2D eigenvalue weighted by atomic mass is 32.1. The molecule has 4 aromatic rings. The molecule has 0 saturated heterocycles. The number of nitrogens with one attached hydrogen (secondary N) is 1. The standard InChI is InChI=1S/C18H14N4OS2/c1-2-16-21-22-18(25-16)20-17(23)12-10-14(15-8-5-9-24-15)19-13-7-4-3-6-11(12)13/h3-10H,2H2,1H3,(H,20,22,23). The van der Waals surface area contributed by atoms with Crippen LogP contribution in [0.15, 0.2) is 47.8 Å². The Labute approximate surface area is 152 Å². The first-order chi connectivity index (χ1) is 12.2. The number of carbonyl (C=O) groups is 1. The maximum absolute atomic E-state index is 12.9. The third kappa shape index (κ3) is 3.16. The summed E-state index contributed by atoms with van der Waals surface area (Å²) in [6.45, 7) is 2.01. The number of aryl methyl sites for hydroxylation is 1. The molecular formula is C18H14N4OS2. The Bertz CT molecular complexity index is 1040. The number of rotatable bonds is 4. The summed E-state index contributed by atoms with van der Waals surface area (Å²) in [5.74, 6) is -0.199. The quantitative estimate of drug-likeness (QED) is 0.572. The van der Waals surface area contributed by atoms with E-state index in [0.29, 0.717) is 10.7 Å². The summed E-state index contributed by atoms with van der Waals surface area (Å²) in [5.41, 5.74) is 2.18. The molecule has 0 unspecified atom stereocenters. The van der Waals surface area contributed by atoms with E-state index in [1.807, 2.05) is 54.8 Å². The highest BCUT2D eigenvalue weighted by Crippen LogP contribution is 2.28. The lowest BCUT2D eigenvalue weighted by Crippen LogP contribution is -2.13. The number of para-hydroxylation sites is 1. The van der Waals surface area contributed by atoms with E-state index in [2.05, 4.69) is 15.5 Å². The fourth-order valence-electron chi connectivity index (χ4n) is 2.53. The third-order valence-corrected chi connectivity index (χ3v) is 5.60. The largest absolute Gasteiger partial charge is 0.296 e. The van der Waals surface area contributed by atoms with Gasteiger partial charge >= 0.3 is 0 Å². The van der Waals surface area contributed by atoms with Crippen molar-refractivity contribution in [2.75, 3.05) is 5.32 Å². The van der Waals surface area contributed by atoms with E-state index in [4.69, 9.17) is 4.98 Å². The highest BCUT2D eigenvalue weighted by Gasteiger charge is 2.16. The van der Waals surface area contributed by atoms with Crippen molar-refractivity contribution < 1.29 is 4.79 Å². The second-order valence-electron chi connectivity index (χ2n) is 5.36. The lowest BCUT2D eigenvalue weighted by Gasteiger charge is -2.08. The number of amides is 1. The molecule has 0 fully saturated rings. The van der Waals surface area contributed by atoms with Crippen LogP contribution in [0.5, 0.6) is 0 Å². The van der Waals surface area contributed by atoms with Gasteiger partial charge in [0.15, 0.2) is 0 Å². The molecule has 124 valence electrons. The Kier molecular flexibility index (Phi) is 4.25. The Morgan fingerprint density at radius 2 is 2.04 bits per heavy atom. The number of nitrogens with zero attached hydrogens (tertiary/aromatic N) is 3. The Balaban J connectivity index is 1.77. The van der Waals surface area contributed by atoms with Gasteiger partial charge in [-0.25, -0.2) is 4.98 Å². The van der Waals surface area contributed by atoms with Crippen molar-refractivity contribution in [2.24, 2.45) is 0 Å². The molecule has 0 atom stereocenters. The van der Waals surface area contributed by atoms with E-state index >= 15 is 0 Å². The van der Waals surface area contributed by atoms with Gasteiger partial charge in [0.25, 0.3) is 5.91 Å². The minimum atomic E-state index is -0.199. The molecule has 0 aliphatic heterocycles. The molecule has 7 heteroatoms. The summed E-state index contributed by atoms with van der Waals surface area (Å²) < 4.78 is 0. The average molecular weight is 366 g/mol. The molecule has 0 saturated carbocycles. The van der Waals surface area contributed by atoms with Crippen molar-refractivity contribution in [1.82, 2.24) is 15.2 Å². The van der Waals surface area contributed by atoms with Crippen LogP contribution >= 0.6 is 22.7 Å². The van der Waals surface area contributed by atoms with Gasteiger partial charge in [-0.05, 0) is 30.0 Å². The first-order valence-electron chi connectivity index (χ1n) is 7.82. The molecule has 1 N–H and O–H groups in total. The number of thiophene rings is 1. The topological polar surface area (TPSA) is 67.8 Å². The van der Waals surface area contributed by atoms with Gasteiger partial charge in [-0.2, -0.15) is 0 Å². The van der Waals surface area contributed by atoms with Crippen LogP contribution < -0.4 is 5.32 Å². The predicted octanol–water partition coefficient (Wildman–Crippen LogP) is 4.63. The van der Waals surface area contributed by atoms with Gasteiger partial charge in [0.2, 0.25) is 5.13 Å². The van der Waals surface area contributed by atoms with E-state index in [9.17, 15) is 4.79 Å². The summed E-state index contributed by atoms with van der Waals surface area (Å²) in [6, 6.07) is 13.5. The molecule has 3 aromatic heterocycles. The number of hydrogen-bond donors (Lipinski definition) is 1. The minimum Gasteiger partial charge on any atom is -0.296 e. The van der Waals surface area contributed by atoms with Gasteiger partial charge in [-0.1, -0.05) is 42.5 Å². The van der Waals surface area contributed by atoms with Gasteiger partial charge in [-0.3, -0.25) is 10.1 Å². The van der Waals surface area contributed by atoms with Crippen LogP contribution in [0.25, 0.3) is 21.5 Å². The highest BCUT2D eigenvalue weighted by molar-refractivity contribution is 7.15. The molecule has 1 amide bonds. The van der Waals surface area contributed by atoms with Crippen molar-refractivity contribution in [2.45, 2.75) is 13.3 Å². The van der Waals surface area contributed by atoms with E-state index in [1.165, 1.54) is 11.3 Å². The first kappa shape index (κ1) is 15.9. The van der Waals surface area contributed by atoms with Gasteiger partial charge in [-0.15, -0.1) is 21.5 Å². The van der Waals surface area contributed by atoms with Crippen LogP contribution in [0.1, 0.15) is 22.3 Å². The maximum atomic E-state index is 12.9. The van der Waals surface area contributed by atoms with Crippen molar-refractivity contribution in [3.63, 3.8) is 0 Å². The predicted molar refractivity (Wildman–Crippen MR) is 102 cm³/mol. The number of carbonyl (C=O) groups excluding carboxylic acids is 1. The van der Waals surface area contributed by atoms with Gasteiger partial charge in [0.05, 0.1) is 21.7 Å². The fraction of sp³-hybridized carbons (Fsp3) is 0.111. The van der Waals surface area contributed by atoms with Crippen molar-refractivity contribution in [3.05, 3.63) is 58.4 Å². The van der Waals surface area contributed by atoms with Crippen LogP contribution in [0, 0.1) is 0 Å². The molecule has 0 aliphatic rings. The van der Waals surface area contributed by atoms with Crippen LogP contribution in [-0.2, 0) is 6.42 Å². The zero-order valence-electron chi connectivity index (χ0n) is 13.4. The summed E-state index contributed by atoms with van der Waals surface area (Å²) in [4.78, 5) is 18.6. The molecular weight excluding hydrogens is 352 g/mol. The van der Waals surface area contributed by atoms with E-state index in [-0.39, 0.29) is 5.91 Å². The van der Waals surface area contributed by atoms with Crippen LogP contribution in [0.3, 0.4) is 0 Å². The second kappa shape index (κ2) is 6.70. The molecule has 4 rings (SSSR count). The van der Waals surface area contributed by atoms with Crippen molar-refractivity contribution in [1.29, 1.82) is 0 Å². The van der Waals surface area contributed by atoms with E-state index in [1.54, 1.807) is 11.3 Å². The fourth-order valence-corrected chi connectivity index (χ4v) is 3.89. The normalized spacial score (nSPS) is 10.9. The zero-order chi connectivity index (χ0) is 17.2. The summed E-state index contributed by atoms with van der Waals surface area (Å²) in [7, 11) is 0. The summed E-state index contributed by atoms with van der Waals surface area (Å²) >= 11 is 3.00. The molecule has 1 aromatic carbocycles. The van der Waals surface area contributed by atoms with Crippen molar-refractivity contribution >= 4 is 44.6 Å². The molecule has 0 bridgehead atoms. The Hall–Kier alpha value is -2.64. The Morgan fingerprint density at radius 3 is 2.80 bits per heavy atom. The van der Waals surface area contributed by atoms with Crippen molar-refractivity contribution in [3.8, 4) is 10.6 Å². The van der Waals surface area contributed by atoms with E-state index < -0.39 is 0 Å².